The minimum Gasteiger partial charge on any atom is -0.493 e. The predicted molar refractivity (Wildman–Crippen MR) is 119 cm³/mol. The molecule has 2 heterocycles. The molecule has 0 spiro atoms. The zero-order valence-corrected chi connectivity index (χ0v) is 18.0. The van der Waals surface area contributed by atoms with E-state index in [1.807, 2.05) is 12.1 Å². The Morgan fingerprint density at radius 3 is 2.56 bits per heavy atom. The highest BCUT2D eigenvalue weighted by Gasteiger charge is 2.15. The van der Waals surface area contributed by atoms with Crippen LogP contribution in [0, 0.1) is 0 Å². The third kappa shape index (κ3) is 4.65. The Morgan fingerprint density at radius 2 is 1.78 bits per heavy atom. The molecule has 1 amide bonds. The number of methoxy groups -OCH3 is 2. The highest BCUT2D eigenvalue weighted by atomic mass is 32.1. The minimum atomic E-state index is -0.733. The van der Waals surface area contributed by atoms with Crippen molar-refractivity contribution in [1.82, 2.24) is 15.0 Å². The van der Waals surface area contributed by atoms with Crippen molar-refractivity contribution >= 4 is 39.4 Å². The Hall–Kier alpha value is -4.05. The van der Waals surface area contributed by atoms with Gasteiger partial charge in [0.05, 0.1) is 37.1 Å². The van der Waals surface area contributed by atoms with E-state index in [0.717, 1.165) is 5.56 Å². The van der Waals surface area contributed by atoms with Gasteiger partial charge < -0.3 is 14.2 Å². The zero-order valence-electron chi connectivity index (χ0n) is 17.2. The van der Waals surface area contributed by atoms with Gasteiger partial charge >= 0.3 is 5.97 Å². The molecule has 0 radical (unpaired) electrons. The van der Waals surface area contributed by atoms with E-state index in [9.17, 15) is 9.59 Å². The topological polar surface area (TPSA) is 113 Å². The number of benzene rings is 2. The van der Waals surface area contributed by atoms with Crippen molar-refractivity contribution in [3.8, 4) is 22.8 Å². The number of anilines is 1. The Kier molecular flexibility index (Phi) is 6.22. The van der Waals surface area contributed by atoms with Crippen LogP contribution in [0.25, 0.3) is 22.3 Å². The predicted octanol–water partition coefficient (Wildman–Crippen LogP) is 3.57. The van der Waals surface area contributed by atoms with Crippen molar-refractivity contribution in [2.75, 3.05) is 26.1 Å². The van der Waals surface area contributed by atoms with Crippen LogP contribution in [-0.4, -0.2) is 47.7 Å². The molecule has 9 nitrogen and oxygen atoms in total. The smallest absolute Gasteiger partial charge is 0.359 e. The van der Waals surface area contributed by atoms with E-state index in [1.54, 1.807) is 49.9 Å². The van der Waals surface area contributed by atoms with E-state index >= 15 is 0 Å². The van der Waals surface area contributed by atoms with Gasteiger partial charge in [0.2, 0.25) is 0 Å². The van der Waals surface area contributed by atoms with Crippen molar-refractivity contribution in [3.05, 3.63) is 59.7 Å². The lowest BCUT2D eigenvalue weighted by atomic mass is 10.1. The van der Waals surface area contributed by atoms with Gasteiger partial charge in [0.1, 0.15) is 0 Å². The van der Waals surface area contributed by atoms with Crippen molar-refractivity contribution in [1.29, 1.82) is 0 Å². The zero-order chi connectivity index (χ0) is 22.5. The van der Waals surface area contributed by atoms with Gasteiger partial charge in [-0.15, -0.1) is 11.3 Å². The number of nitrogens with zero attached hydrogens (tertiary/aromatic N) is 3. The summed E-state index contributed by atoms with van der Waals surface area (Å²) in [6.07, 6.45) is 1.32. The maximum atomic E-state index is 12.2. The second-order valence-corrected chi connectivity index (χ2v) is 7.33. The molecule has 4 aromatic rings. The average Bonchev–Trinajstić information content (AvgIpc) is 3.30. The molecule has 0 saturated carbocycles. The number of aromatic nitrogens is 3. The van der Waals surface area contributed by atoms with Gasteiger partial charge in [-0.1, -0.05) is 12.1 Å². The van der Waals surface area contributed by atoms with Crippen LogP contribution in [0.2, 0.25) is 0 Å². The van der Waals surface area contributed by atoms with Crippen LogP contribution < -0.4 is 14.8 Å². The maximum Gasteiger partial charge on any atom is 0.359 e. The SMILES string of the molecule is COc1ccc(-c2csc(NC(=O)COC(=O)c3cnc4ccccc4n3)n2)cc1OC. The lowest BCUT2D eigenvalue weighted by Gasteiger charge is -2.08. The van der Waals surface area contributed by atoms with Crippen molar-refractivity contribution in [2.45, 2.75) is 0 Å². The van der Waals surface area contributed by atoms with Gasteiger partial charge in [-0.25, -0.2) is 14.8 Å². The fourth-order valence-corrected chi connectivity index (χ4v) is 3.61. The van der Waals surface area contributed by atoms with Gasteiger partial charge in [0.15, 0.2) is 28.9 Å². The van der Waals surface area contributed by atoms with Crippen LogP contribution >= 0.6 is 11.3 Å². The summed E-state index contributed by atoms with van der Waals surface area (Å²) >= 11 is 1.25. The summed E-state index contributed by atoms with van der Waals surface area (Å²) < 4.78 is 15.6. The molecule has 2 aromatic heterocycles. The number of amides is 1. The normalized spacial score (nSPS) is 10.6. The third-order valence-corrected chi connectivity index (χ3v) is 5.18. The molecular formula is C22H18N4O5S. The molecule has 0 aliphatic heterocycles. The first-order valence-corrected chi connectivity index (χ1v) is 10.3. The lowest BCUT2D eigenvalue weighted by Crippen LogP contribution is -2.21. The van der Waals surface area contributed by atoms with E-state index in [0.29, 0.717) is 33.4 Å². The van der Waals surface area contributed by atoms with Crippen molar-refractivity contribution in [2.24, 2.45) is 0 Å². The summed E-state index contributed by atoms with van der Waals surface area (Å²) in [5, 5.41) is 4.79. The van der Waals surface area contributed by atoms with Crippen LogP contribution in [0.4, 0.5) is 5.13 Å². The van der Waals surface area contributed by atoms with Gasteiger partial charge in [-0.2, -0.15) is 0 Å². The first-order chi connectivity index (χ1) is 15.6. The molecule has 162 valence electrons. The largest absolute Gasteiger partial charge is 0.493 e. The maximum absolute atomic E-state index is 12.2. The molecule has 0 bridgehead atoms. The highest BCUT2D eigenvalue weighted by molar-refractivity contribution is 7.14. The molecule has 0 aliphatic carbocycles. The second kappa shape index (κ2) is 9.40. The summed E-state index contributed by atoms with van der Waals surface area (Å²) in [5.41, 5.74) is 2.73. The monoisotopic (exact) mass is 450 g/mol. The number of carbonyl (C=O) groups is 2. The summed E-state index contributed by atoms with van der Waals surface area (Å²) in [6.45, 7) is -0.474. The van der Waals surface area contributed by atoms with Gasteiger partial charge in [0.25, 0.3) is 5.91 Å². The van der Waals surface area contributed by atoms with Gasteiger partial charge in [0, 0.05) is 10.9 Å². The molecule has 10 heteroatoms. The molecule has 1 N–H and O–H groups in total. The van der Waals surface area contributed by atoms with Crippen LogP contribution in [0.1, 0.15) is 10.5 Å². The number of carbonyl (C=O) groups excluding carboxylic acids is 2. The number of hydrogen-bond acceptors (Lipinski definition) is 9. The van der Waals surface area contributed by atoms with E-state index in [2.05, 4.69) is 20.3 Å². The summed E-state index contributed by atoms with van der Waals surface area (Å²) in [4.78, 5) is 37.2. The van der Waals surface area contributed by atoms with E-state index in [1.165, 1.54) is 17.5 Å². The fraction of sp³-hybridized carbons (Fsp3) is 0.136. The summed E-state index contributed by atoms with van der Waals surface area (Å²) in [5.74, 6) is -0.0610. The number of fused-ring (bicyclic) bond motifs is 1. The van der Waals surface area contributed by atoms with Gasteiger partial charge in [-0.05, 0) is 30.3 Å². The lowest BCUT2D eigenvalue weighted by molar-refractivity contribution is -0.119. The number of thiazole rings is 1. The molecule has 32 heavy (non-hydrogen) atoms. The van der Waals surface area contributed by atoms with E-state index in [-0.39, 0.29) is 5.69 Å². The molecule has 4 rings (SSSR count). The Morgan fingerprint density at radius 1 is 1.00 bits per heavy atom. The minimum absolute atomic E-state index is 0.0292. The van der Waals surface area contributed by atoms with Crippen LogP contribution in [-0.2, 0) is 9.53 Å². The average molecular weight is 450 g/mol. The summed E-state index contributed by atoms with van der Waals surface area (Å²) in [7, 11) is 3.12. The molecule has 0 saturated heterocycles. The molecule has 0 fully saturated rings. The molecule has 0 atom stereocenters. The first-order valence-electron chi connectivity index (χ1n) is 9.44. The number of para-hydroxylation sites is 2. The first kappa shape index (κ1) is 21.2. The number of ether oxygens (including phenoxy) is 3. The quantitative estimate of drug-likeness (QED) is 0.425. The van der Waals surface area contributed by atoms with Crippen molar-refractivity contribution in [3.63, 3.8) is 0 Å². The third-order valence-electron chi connectivity index (χ3n) is 4.42. The Labute approximate surface area is 187 Å². The number of esters is 1. The Bertz CT molecular complexity index is 1290. The molecule has 2 aromatic carbocycles. The Balaban J connectivity index is 1.36. The van der Waals surface area contributed by atoms with E-state index < -0.39 is 18.5 Å². The van der Waals surface area contributed by atoms with Crippen LogP contribution in [0.5, 0.6) is 11.5 Å². The number of nitrogens with one attached hydrogen (secondary N) is 1. The van der Waals surface area contributed by atoms with Crippen LogP contribution in [0.3, 0.4) is 0 Å². The van der Waals surface area contributed by atoms with Gasteiger partial charge in [-0.3, -0.25) is 15.1 Å². The fourth-order valence-electron chi connectivity index (χ4n) is 2.88. The molecular weight excluding hydrogens is 432 g/mol. The molecule has 0 unspecified atom stereocenters. The standard InChI is InChI=1S/C22H18N4O5S/c1-29-18-8-7-13(9-19(18)30-2)17-12-32-22(25-17)26-20(27)11-31-21(28)16-10-23-14-5-3-4-6-15(14)24-16/h3-10,12H,11H2,1-2H3,(H,25,26,27). The number of rotatable bonds is 7. The van der Waals surface area contributed by atoms with Crippen molar-refractivity contribution < 1.29 is 23.8 Å². The highest BCUT2D eigenvalue weighted by Crippen LogP contribution is 2.33. The summed E-state index contributed by atoms with van der Waals surface area (Å²) in [6, 6.07) is 12.6. The van der Waals surface area contributed by atoms with E-state index in [4.69, 9.17) is 14.2 Å². The number of hydrogen-bond donors (Lipinski definition) is 1. The van der Waals surface area contributed by atoms with Crippen LogP contribution in [0.15, 0.2) is 54.0 Å². The second-order valence-electron chi connectivity index (χ2n) is 6.48. The molecule has 0 aliphatic rings.